The van der Waals surface area contributed by atoms with Crippen LogP contribution in [0.4, 0.5) is 0 Å². The van der Waals surface area contributed by atoms with Gasteiger partial charge in [-0.3, -0.25) is 20.1 Å². The second-order valence-electron chi connectivity index (χ2n) is 4.75. The van der Waals surface area contributed by atoms with Gasteiger partial charge in [0, 0.05) is 26.4 Å². The lowest BCUT2D eigenvalue weighted by Crippen LogP contribution is -2.38. The summed E-state index contributed by atoms with van der Waals surface area (Å²) in [5, 5.41) is 0. The number of hydrogen-bond donors (Lipinski definition) is 2. The highest BCUT2D eigenvalue weighted by molar-refractivity contribution is 5.93. The summed E-state index contributed by atoms with van der Waals surface area (Å²) in [7, 11) is 1.76. The lowest BCUT2D eigenvalue weighted by Gasteiger charge is -2.31. The summed E-state index contributed by atoms with van der Waals surface area (Å²) < 4.78 is 5.40. The molecule has 1 aliphatic rings. The fourth-order valence-electron chi connectivity index (χ4n) is 2.31. The molecule has 0 spiro atoms. The Morgan fingerprint density at radius 1 is 1.63 bits per heavy atom. The molecule has 1 aromatic rings. The number of carbonyl (C=O) groups is 1. The van der Waals surface area contributed by atoms with E-state index in [1.807, 2.05) is 6.07 Å². The molecule has 6 heteroatoms. The van der Waals surface area contributed by atoms with E-state index in [4.69, 9.17) is 10.6 Å². The minimum absolute atomic E-state index is 0.316. The summed E-state index contributed by atoms with van der Waals surface area (Å²) >= 11 is 0. The van der Waals surface area contributed by atoms with Gasteiger partial charge in [0.2, 0.25) is 0 Å². The molecule has 0 aliphatic carbocycles. The molecule has 19 heavy (non-hydrogen) atoms. The molecule has 1 unspecified atom stereocenters. The first kappa shape index (κ1) is 13.9. The van der Waals surface area contributed by atoms with Gasteiger partial charge >= 0.3 is 0 Å². The summed E-state index contributed by atoms with van der Waals surface area (Å²) in [6.07, 6.45) is 4.13. The number of piperidine rings is 1. The minimum atomic E-state index is -0.323. The van der Waals surface area contributed by atoms with Crippen molar-refractivity contribution in [3.05, 3.63) is 29.6 Å². The Hall–Kier alpha value is -1.50. The number of amides is 1. The zero-order valence-electron chi connectivity index (χ0n) is 11.1. The van der Waals surface area contributed by atoms with Gasteiger partial charge in [-0.2, -0.15) is 0 Å². The van der Waals surface area contributed by atoms with Crippen LogP contribution in [0.5, 0.6) is 0 Å². The van der Waals surface area contributed by atoms with E-state index in [9.17, 15) is 4.79 Å². The van der Waals surface area contributed by atoms with Crippen molar-refractivity contribution in [2.24, 2.45) is 5.84 Å². The van der Waals surface area contributed by atoms with Crippen LogP contribution in [-0.4, -0.2) is 42.1 Å². The van der Waals surface area contributed by atoms with Crippen LogP contribution in [0.1, 0.15) is 28.9 Å². The van der Waals surface area contributed by atoms with Crippen LogP contribution in [0.15, 0.2) is 18.3 Å². The number of hydrogen-bond acceptors (Lipinski definition) is 5. The quantitative estimate of drug-likeness (QED) is 0.464. The Bertz CT molecular complexity index is 421. The molecular formula is C13H20N4O2. The number of hydrazine groups is 1. The second-order valence-corrected chi connectivity index (χ2v) is 4.75. The Morgan fingerprint density at radius 3 is 3.11 bits per heavy atom. The standard InChI is InChI=1S/C13H20N4O2/c1-19-12-3-2-6-17(9-12)8-11-5-4-10(7-15-11)13(18)16-14/h4-5,7,12H,2-3,6,8-9,14H2,1H3,(H,16,18). The summed E-state index contributed by atoms with van der Waals surface area (Å²) in [6, 6.07) is 3.60. The average Bonchev–Trinajstić information content (AvgIpc) is 2.47. The van der Waals surface area contributed by atoms with E-state index in [0.29, 0.717) is 11.7 Å². The lowest BCUT2D eigenvalue weighted by atomic mass is 10.1. The zero-order chi connectivity index (χ0) is 13.7. The Labute approximate surface area is 112 Å². The van der Waals surface area contributed by atoms with E-state index in [1.165, 1.54) is 0 Å². The van der Waals surface area contributed by atoms with Gasteiger partial charge in [-0.25, -0.2) is 5.84 Å². The first-order valence-electron chi connectivity index (χ1n) is 6.44. The molecule has 2 rings (SSSR count). The number of carbonyl (C=O) groups excluding carboxylic acids is 1. The molecule has 0 radical (unpaired) electrons. The number of nitrogen functional groups attached to an aromatic ring is 1. The number of methoxy groups -OCH3 is 1. The Balaban J connectivity index is 1.94. The number of nitrogens with two attached hydrogens (primary N) is 1. The number of rotatable bonds is 4. The van der Waals surface area contributed by atoms with Gasteiger partial charge in [-0.1, -0.05) is 0 Å². The lowest BCUT2D eigenvalue weighted by molar-refractivity contribution is 0.0281. The van der Waals surface area contributed by atoms with Crippen molar-refractivity contribution >= 4 is 5.91 Å². The smallest absolute Gasteiger partial charge is 0.266 e. The highest BCUT2D eigenvalue weighted by Crippen LogP contribution is 2.14. The van der Waals surface area contributed by atoms with Crippen LogP contribution < -0.4 is 11.3 Å². The minimum Gasteiger partial charge on any atom is -0.380 e. The molecule has 1 aliphatic heterocycles. The average molecular weight is 264 g/mol. The molecule has 0 saturated carbocycles. The highest BCUT2D eigenvalue weighted by Gasteiger charge is 2.19. The molecule has 0 aromatic carbocycles. The third-order valence-corrected chi connectivity index (χ3v) is 3.40. The molecule has 2 heterocycles. The predicted octanol–water partition coefficient (Wildman–Crippen LogP) is 0.296. The van der Waals surface area contributed by atoms with Crippen LogP contribution >= 0.6 is 0 Å². The molecule has 104 valence electrons. The highest BCUT2D eigenvalue weighted by atomic mass is 16.5. The first-order chi connectivity index (χ1) is 9.22. The largest absolute Gasteiger partial charge is 0.380 e. The van der Waals surface area contributed by atoms with E-state index in [-0.39, 0.29) is 5.91 Å². The van der Waals surface area contributed by atoms with Crippen molar-refractivity contribution in [2.45, 2.75) is 25.5 Å². The van der Waals surface area contributed by atoms with Gasteiger partial charge in [0.25, 0.3) is 5.91 Å². The van der Waals surface area contributed by atoms with Crippen LogP contribution in [0, 0.1) is 0 Å². The molecule has 6 nitrogen and oxygen atoms in total. The summed E-state index contributed by atoms with van der Waals surface area (Å²) in [5.74, 6) is 4.75. The normalized spacial score (nSPS) is 20.2. The van der Waals surface area contributed by atoms with Gasteiger partial charge in [-0.15, -0.1) is 0 Å². The molecule has 0 bridgehead atoms. The number of nitrogens with zero attached hydrogens (tertiary/aromatic N) is 2. The SMILES string of the molecule is COC1CCCN(Cc2ccc(C(=O)NN)cn2)C1. The number of ether oxygens (including phenoxy) is 1. The third kappa shape index (κ3) is 3.73. The second kappa shape index (κ2) is 6.60. The van der Waals surface area contributed by atoms with Crippen molar-refractivity contribution in [3.8, 4) is 0 Å². The topological polar surface area (TPSA) is 80.5 Å². The maximum atomic E-state index is 11.3. The van der Waals surface area contributed by atoms with Crippen LogP contribution in [0.3, 0.4) is 0 Å². The Kier molecular flexibility index (Phi) is 4.84. The molecule has 1 amide bonds. The summed E-state index contributed by atoms with van der Waals surface area (Å²) in [4.78, 5) is 17.9. The van der Waals surface area contributed by atoms with E-state index in [2.05, 4.69) is 15.3 Å². The van der Waals surface area contributed by atoms with Gasteiger partial charge in [0.05, 0.1) is 17.4 Å². The van der Waals surface area contributed by atoms with Crippen molar-refractivity contribution in [2.75, 3.05) is 20.2 Å². The molecule has 1 saturated heterocycles. The van der Waals surface area contributed by atoms with Crippen molar-refractivity contribution in [3.63, 3.8) is 0 Å². The molecule has 3 N–H and O–H groups in total. The fraction of sp³-hybridized carbons (Fsp3) is 0.538. The van der Waals surface area contributed by atoms with E-state index in [0.717, 1.165) is 38.2 Å². The van der Waals surface area contributed by atoms with Crippen LogP contribution in [-0.2, 0) is 11.3 Å². The van der Waals surface area contributed by atoms with E-state index in [1.54, 1.807) is 19.4 Å². The summed E-state index contributed by atoms with van der Waals surface area (Å²) in [5.41, 5.74) is 3.51. The monoisotopic (exact) mass is 264 g/mol. The van der Waals surface area contributed by atoms with Gasteiger partial charge < -0.3 is 4.74 Å². The first-order valence-corrected chi connectivity index (χ1v) is 6.44. The number of aromatic nitrogens is 1. The third-order valence-electron chi connectivity index (χ3n) is 3.40. The number of nitrogens with one attached hydrogen (secondary N) is 1. The van der Waals surface area contributed by atoms with Crippen LogP contribution in [0.25, 0.3) is 0 Å². The van der Waals surface area contributed by atoms with Gasteiger partial charge in [0.1, 0.15) is 0 Å². The number of pyridine rings is 1. The van der Waals surface area contributed by atoms with E-state index < -0.39 is 0 Å². The Morgan fingerprint density at radius 2 is 2.47 bits per heavy atom. The summed E-state index contributed by atoms with van der Waals surface area (Å²) in [6.45, 7) is 2.78. The van der Waals surface area contributed by atoms with Crippen molar-refractivity contribution < 1.29 is 9.53 Å². The van der Waals surface area contributed by atoms with Gasteiger partial charge in [0.15, 0.2) is 0 Å². The maximum Gasteiger partial charge on any atom is 0.266 e. The van der Waals surface area contributed by atoms with Crippen LogP contribution in [0.2, 0.25) is 0 Å². The van der Waals surface area contributed by atoms with E-state index >= 15 is 0 Å². The van der Waals surface area contributed by atoms with Crippen molar-refractivity contribution in [1.29, 1.82) is 0 Å². The predicted molar refractivity (Wildman–Crippen MR) is 71.2 cm³/mol. The molecule has 1 atom stereocenters. The fourth-order valence-corrected chi connectivity index (χ4v) is 2.31. The molecule has 1 fully saturated rings. The molecule has 1 aromatic heterocycles. The number of likely N-dealkylation sites (tertiary alicyclic amines) is 1. The molecular weight excluding hydrogens is 244 g/mol. The van der Waals surface area contributed by atoms with Gasteiger partial charge in [-0.05, 0) is 31.5 Å². The zero-order valence-corrected chi connectivity index (χ0v) is 11.1. The van der Waals surface area contributed by atoms with Crippen molar-refractivity contribution in [1.82, 2.24) is 15.3 Å². The maximum absolute atomic E-state index is 11.3.